The lowest BCUT2D eigenvalue weighted by molar-refractivity contribution is -0.0311. The average Bonchev–Trinajstić information content (AvgIpc) is 2.60. The summed E-state index contributed by atoms with van der Waals surface area (Å²) in [4.78, 5) is 0. The molecule has 0 spiro atoms. The Hall–Kier alpha value is -0.120. The molecule has 76 valence electrons. The van der Waals surface area contributed by atoms with E-state index in [0.29, 0.717) is 6.42 Å². The van der Waals surface area contributed by atoms with Gasteiger partial charge in [-0.15, -0.1) is 0 Å². The number of epoxide rings is 1. The van der Waals surface area contributed by atoms with E-state index in [1.807, 2.05) is 6.92 Å². The Balaban J connectivity index is 2.06. The molecule has 0 aromatic rings. The number of fused-ring (bicyclic) bond motifs is 1. The lowest BCUT2D eigenvalue weighted by atomic mass is 9.74. The summed E-state index contributed by atoms with van der Waals surface area (Å²) < 4.78 is 5.44. The maximum Gasteiger partial charge on any atom is 0.118 e. The normalized spacial score (nSPS) is 50.1. The summed E-state index contributed by atoms with van der Waals surface area (Å²) in [6.45, 7) is 5.55. The van der Waals surface area contributed by atoms with Gasteiger partial charge in [0.25, 0.3) is 0 Å². The van der Waals surface area contributed by atoms with Crippen molar-refractivity contribution in [1.82, 2.24) is 0 Å². The van der Waals surface area contributed by atoms with Crippen LogP contribution in [-0.4, -0.2) is 33.6 Å². The molecule has 13 heavy (non-hydrogen) atoms. The molecule has 3 heteroatoms. The van der Waals surface area contributed by atoms with Crippen molar-refractivity contribution in [3.8, 4) is 0 Å². The van der Waals surface area contributed by atoms with Crippen molar-refractivity contribution in [2.75, 3.05) is 0 Å². The van der Waals surface area contributed by atoms with Gasteiger partial charge in [0.15, 0.2) is 0 Å². The van der Waals surface area contributed by atoms with E-state index in [9.17, 15) is 10.2 Å². The predicted octanol–water partition coefficient (Wildman–Crippen LogP) is 0.686. The third-order valence-corrected chi connectivity index (χ3v) is 3.65. The quantitative estimate of drug-likeness (QED) is 0.592. The minimum atomic E-state index is -0.700. The van der Waals surface area contributed by atoms with Crippen molar-refractivity contribution in [1.29, 1.82) is 0 Å². The molecule has 1 saturated carbocycles. The smallest absolute Gasteiger partial charge is 0.118 e. The first-order chi connectivity index (χ1) is 5.84. The van der Waals surface area contributed by atoms with Gasteiger partial charge in [-0.25, -0.2) is 0 Å². The zero-order chi connectivity index (χ0) is 9.85. The SMILES string of the molecule is CC(C)(O)[C@@H]1CC(O)[C@@]2(C)OC2C1. The molecule has 2 rings (SSSR count). The van der Waals surface area contributed by atoms with E-state index >= 15 is 0 Å². The lowest BCUT2D eigenvalue weighted by Gasteiger charge is -2.35. The zero-order valence-corrected chi connectivity index (χ0v) is 8.45. The molecule has 0 bridgehead atoms. The molecule has 2 unspecified atom stereocenters. The Bertz CT molecular complexity index is 221. The van der Waals surface area contributed by atoms with Crippen LogP contribution in [0.3, 0.4) is 0 Å². The van der Waals surface area contributed by atoms with Crippen molar-refractivity contribution in [2.45, 2.75) is 57.0 Å². The fourth-order valence-electron chi connectivity index (χ4n) is 2.28. The molecule has 0 aromatic carbocycles. The third kappa shape index (κ3) is 1.39. The second-order valence-corrected chi connectivity index (χ2v) is 5.13. The highest BCUT2D eigenvalue weighted by atomic mass is 16.6. The summed E-state index contributed by atoms with van der Waals surface area (Å²) in [6, 6.07) is 0. The highest BCUT2D eigenvalue weighted by molar-refractivity contribution is 5.10. The van der Waals surface area contributed by atoms with Crippen molar-refractivity contribution in [3.05, 3.63) is 0 Å². The molecule has 0 radical (unpaired) electrons. The van der Waals surface area contributed by atoms with Crippen molar-refractivity contribution < 1.29 is 14.9 Å². The largest absolute Gasteiger partial charge is 0.390 e. The lowest BCUT2D eigenvalue weighted by Crippen LogP contribution is -2.43. The van der Waals surface area contributed by atoms with Gasteiger partial charge in [-0.1, -0.05) is 0 Å². The van der Waals surface area contributed by atoms with Crippen molar-refractivity contribution in [3.63, 3.8) is 0 Å². The van der Waals surface area contributed by atoms with E-state index in [0.717, 1.165) is 6.42 Å². The van der Waals surface area contributed by atoms with E-state index in [-0.39, 0.29) is 17.6 Å². The standard InChI is InChI=1S/C10H18O3/c1-9(2,12)6-4-7(11)10(3)8(5-6)13-10/h6-8,11-12H,4-5H2,1-3H3/t6-,7?,8?,10-/m1/s1. The summed E-state index contributed by atoms with van der Waals surface area (Å²) in [5, 5.41) is 19.6. The molecule has 2 N–H and O–H groups in total. The summed E-state index contributed by atoms with van der Waals surface area (Å²) in [5.41, 5.74) is -1.00. The number of hydrogen-bond donors (Lipinski definition) is 2. The molecule has 0 amide bonds. The van der Waals surface area contributed by atoms with Crippen LogP contribution in [0, 0.1) is 5.92 Å². The second-order valence-electron chi connectivity index (χ2n) is 5.13. The molecule has 0 aromatic heterocycles. The van der Waals surface area contributed by atoms with Crippen molar-refractivity contribution in [2.24, 2.45) is 5.92 Å². The van der Waals surface area contributed by atoms with Gasteiger partial charge >= 0.3 is 0 Å². The Morgan fingerprint density at radius 3 is 2.46 bits per heavy atom. The summed E-state index contributed by atoms with van der Waals surface area (Å²) >= 11 is 0. The van der Waals surface area contributed by atoms with Crippen LogP contribution in [0.15, 0.2) is 0 Å². The van der Waals surface area contributed by atoms with Gasteiger partial charge in [-0.3, -0.25) is 0 Å². The summed E-state index contributed by atoms with van der Waals surface area (Å²) in [7, 11) is 0. The maximum atomic E-state index is 9.81. The number of rotatable bonds is 1. The summed E-state index contributed by atoms with van der Waals surface area (Å²) in [5.74, 6) is 0.156. The van der Waals surface area contributed by atoms with Crippen LogP contribution in [-0.2, 0) is 4.74 Å². The van der Waals surface area contributed by atoms with Crippen LogP contribution in [0.2, 0.25) is 0 Å². The van der Waals surface area contributed by atoms with Gasteiger partial charge in [0, 0.05) is 0 Å². The van der Waals surface area contributed by atoms with Gasteiger partial charge < -0.3 is 14.9 Å². The third-order valence-electron chi connectivity index (χ3n) is 3.65. The average molecular weight is 186 g/mol. The Morgan fingerprint density at radius 1 is 1.38 bits per heavy atom. The molecule has 2 fully saturated rings. The minimum absolute atomic E-state index is 0.156. The summed E-state index contributed by atoms with van der Waals surface area (Å²) in [6.07, 6.45) is 1.27. The van der Waals surface area contributed by atoms with Crippen LogP contribution in [0.25, 0.3) is 0 Å². The van der Waals surface area contributed by atoms with Gasteiger partial charge in [-0.2, -0.15) is 0 Å². The number of aliphatic hydroxyl groups is 2. The van der Waals surface area contributed by atoms with E-state index in [4.69, 9.17) is 4.74 Å². The molecule has 1 aliphatic heterocycles. The highest BCUT2D eigenvalue weighted by Gasteiger charge is 2.62. The van der Waals surface area contributed by atoms with Crippen molar-refractivity contribution >= 4 is 0 Å². The number of ether oxygens (including phenoxy) is 1. The molecule has 3 nitrogen and oxygen atoms in total. The van der Waals surface area contributed by atoms with E-state index in [1.165, 1.54) is 0 Å². The van der Waals surface area contributed by atoms with Crippen LogP contribution in [0.4, 0.5) is 0 Å². The van der Waals surface area contributed by atoms with Gasteiger partial charge in [-0.05, 0) is 39.5 Å². The fourth-order valence-corrected chi connectivity index (χ4v) is 2.28. The number of hydrogen-bond acceptors (Lipinski definition) is 3. The van der Waals surface area contributed by atoms with Crippen LogP contribution in [0.1, 0.15) is 33.6 Å². The molecule has 2 aliphatic rings. The van der Waals surface area contributed by atoms with Crippen LogP contribution in [0.5, 0.6) is 0 Å². The van der Waals surface area contributed by atoms with E-state index < -0.39 is 11.7 Å². The van der Waals surface area contributed by atoms with Crippen LogP contribution >= 0.6 is 0 Å². The van der Waals surface area contributed by atoms with Gasteiger partial charge in [0.1, 0.15) is 5.60 Å². The Morgan fingerprint density at radius 2 is 2.00 bits per heavy atom. The maximum absolute atomic E-state index is 9.81. The first-order valence-corrected chi connectivity index (χ1v) is 4.92. The molecule has 1 saturated heterocycles. The fraction of sp³-hybridized carbons (Fsp3) is 1.00. The first-order valence-electron chi connectivity index (χ1n) is 4.92. The second kappa shape index (κ2) is 2.47. The van der Waals surface area contributed by atoms with Gasteiger partial charge in [0.05, 0.1) is 17.8 Å². The molecule has 1 heterocycles. The van der Waals surface area contributed by atoms with E-state index in [2.05, 4.69) is 0 Å². The number of aliphatic hydroxyl groups excluding tert-OH is 1. The topological polar surface area (TPSA) is 53.0 Å². The zero-order valence-electron chi connectivity index (χ0n) is 8.45. The molecular formula is C10H18O3. The molecule has 4 atom stereocenters. The molecule has 1 aliphatic carbocycles. The highest BCUT2D eigenvalue weighted by Crippen LogP contribution is 2.51. The van der Waals surface area contributed by atoms with Gasteiger partial charge in [0.2, 0.25) is 0 Å². The Labute approximate surface area is 78.7 Å². The minimum Gasteiger partial charge on any atom is -0.390 e. The van der Waals surface area contributed by atoms with E-state index in [1.54, 1.807) is 13.8 Å². The monoisotopic (exact) mass is 186 g/mol. The van der Waals surface area contributed by atoms with Crippen LogP contribution < -0.4 is 0 Å². The Kier molecular flexibility index (Phi) is 1.79. The molecular weight excluding hydrogens is 168 g/mol. The predicted molar refractivity (Wildman–Crippen MR) is 48.3 cm³/mol. The first kappa shape index (κ1) is 9.44.